The van der Waals surface area contributed by atoms with E-state index >= 15 is 0 Å². The van der Waals surface area contributed by atoms with Gasteiger partial charge in [0.1, 0.15) is 0 Å². The molecule has 0 unspecified atom stereocenters. The molecular formula is C6H5AsF2O3. The molecule has 1 aromatic carbocycles. The second kappa shape index (κ2) is 3.01. The van der Waals surface area contributed by atoms with E-state index in [1.807, 2.05) is 0 Å². The van der Waals surface area contributed by atoms with Crippen molar-refractivity contribution in [2.45, 2.75) is 0 Å². The molecule has 1 aromatic rings. The van der Waals surface area contributed by atoms with E-state index in [2.05, 4.69) is 0 Å². The van der Waals surface area contributed by atoms with Gasteiger partial charge < -0.3 is 0 Å². The molecule has 1 rings (SSSR count). The zero-order chi connectivity index (χ0) is 9.35. The topological polar surface area (TPSA) is 57.5 Å². The van der Waals surface area contributed by atoms with Gasteiger partial charge in [0.25, 0.3) is 0 Å². The molecule has 66 valence electrons. The van der Waals surface area contributed by atoms with Crippen LogP contribution in [0.5, 0.6) is 0 Å². The summed E-state index contributed by atoms with van der Waals surface area (Å²) in [5.41, 5.74) is 0. The van der Waals surface area contributed by atoms with Crippen molar-refractivity contribution in [3.8, 4) is 0 Å². The van der Waals surface area contributed by atoms with Gasteiger partial charge in [0.05, 0.1) is 0 Å². The number of benzene rings is 1. The van der Waals surface area contributed by atoms with Crippen molar-refractivity contribution in [3.05, 3.63) is 29.8 Å². The maximum atomic E-state index is 12.4. The van der Waals surface area contributed by atoms with E-state index in [4.69, 9.17) is 8.19 Å². The van der Waals surface area contributed by atoms with Crippen molar-refractivity contribution >= 4 is 18.5 Å². The Balaban J connectivity index is 3.27. The van der Waals surface area contributed by atoms with Crippen LogP contribution >= 0.6 is 0 Å². The fraction of sp³-hybridized carbons (Fsp3) is 0. The van der Waals surface area contributed by atoms with Gasteiger partial charge in [-0.05, 0) is 0 Å². The average Bonchev–Trinajstić information content (AvgIpc) is 1.82. The van der Waals surface area contributed by atoms with Gasteiger partial charge in [-0.3, -0.25) is 0 Å². The van der Waals surface area contributed by atoms with Crippen LogP contribution in [0.3, 0.4) is 0 Å². The second-order valence-electron chi connectivity index (χ2n) is 2.17. The molecule has 0 heterocycles. The maximum absolute atomic E-state index is 12.4. The predicted octanol–water partition coefficient (Wildman–Crippen LogP) is -0.474. The van der Waals surface area contributed by atoms with Crippen LogP contribution in [0, 0.1) is 11.6 Å². The molecule has 0 aliphatic heterocycles. The molecule has 12 heavy (non-hydrogen) atoms. The van der Waals surface area contributed by atoms with Gasteiger partial charge in [-0.1, -0.05) is 0 Å². The Hall–Kier alpha value is -0.642. The summed E-state index contributed by atoms with van der Waals surface area (Å²) >= 11 is -5.15. The van der Waals surface area contributed by atoms with Crippen LogP contribution in [0.15, 0.2) is 18.2 Å². The van der Waals surface area contributed by atoms with Crippen LogP contribution in [0.1, 0.15) is 0 Å². The molecule has 0 amide bonds. The van der Waals surface area contributed by atoms with Gasteiger partial charge in [-0.15, -0.1) is 0 Å². The van der Waals surface area contributed by atoms with Crippen molar-refractivity contribution < 1.29 is 20.7 Å². The molecule has 0 aromatic heterocycles. The molecule has 0 bridgehead atoms. The van der Waals surface area contributed by atoms with E-state index in [1.54, 1.807) is 0 Å². The number of halogens is 2. The van der Waals surface area contributed by atoms with Crippen LogP contribution in [0.2, 0.25) is 0 Å². The molecule has 0 saturated carbocycles. The van der Waals surface area contributed by atoms with Crippen molar-refractivity contribution in [1.29, 1.82) is 0 Å². The Bertz CT molecular complexity index is 326. The summed E-state index contributed by atoms with van der Waals surface area (Å²) in [5, 5.41) is 0. The summed E-state index contributed by atoms with van der Waals surface area (Å²) in [4.78, 5) is 0. The first-order valence-corrected chi connectivity index (χ1v) is 6.30. The summed E-state index contributed by atoms with van der Waals surface area (Å²) in [7, 11) is 0. The summed E-state index contributed by atoms with van der Waals surface area (Å²) in [6, 6.07) is 1.81. The quantitative estimate of drug-likeness (QED) is 0.650. The first kappa shape index (κ1) is 9.45. The zero-order valence-electron chi connectivity index (χ0n) is 5.74. The fourth-order valence-electron chi connectivity index (χ4n) is 0.707. The molecule has 0 aliphatic carbocycles. The van der Waals surface area contributed by atoms with Crippen LogP contribution in [-0.4, -0.2) is 22.4 Å². The van der Waals surface area contributed by atoms with E-state index in [0.29, 0.717) is 18.2 Å². The molecule has 0 spiro atoms. The fourth-order valence-corrected chi connectivity index (χ4v) is 1.93. The molecule has 0 fully saturated rings. The summed E-state index contributed by atoms with van der Waals surface area (Å²) in [5.74, 6) is -1.98. The van der Waals surface area contributed by atoms with Crippen molar-refractivity contribution in [1.82, 2.24) is 0 Å². The Morgan fingerprint density at radius 2 is 1.50 bits per heavy atom. The Labute approximate surface area is 69.6 Å². The van der Waals surface area contributed by atoms with Gasteiger partial charge in [0.15, 0.2) is 0 Å². The zero-order valence-corrected chi connectivity index (χ0v) is 7.61. The van der Waals surface area contributed by atoms with Crippen LogP contribution in [-0.2, 0) is 3.74 Å². The van der Waals surface area contributed by atoms with Gasteiger partial charge in [-0.25, -0.2) is 0 Å². The summed E-state index contributed by atoms with van der Waals surface area (Å²) < 4.78 is 51.9. The van der Waals surface area contributed by atoms with Crippen LogP contribution in [0.25, 0.3) is 0 Å². The molecule has 6 heteroatoms. The van der Waals surface area contributed by atoms with Gasteiger partial charge in [0.2, 0.25) is 0 Å². The van der Waals surface area contributed by atoms with Crippen LogP contribution < -0.4 is 4.35 Å². The third-order valence-corrected chi connectivity index (χ3v) is 3.14. The normalized spacial score (nSPS) is 11.7. The van der Waals surface area contributed by atoms with Gasteiger partial charge >= 0.3 is 69.1 Å². The Kier molecular flexibility index (Phi) is 2.37. The average molecular weight is 238 g/mol. The van der Waals surface area contributed by atoms with E-state index in [0.717, 1.165) is 0 Å². The van der Waals surface area contributed by atoms with E-state index in [9.17, 15) is 12.5 Å². The third kappa shape index (κ3) is 2.17. The molecule has 3 nitrogen and oxygen atoms in total. The summed E-state index contributed by atoms with van der Waals surface area (Å²) in [6.45, 7) is 0. The Morgan fingerprint density at radius 3 is 1.83 bits per heavy atom. The number of hydrogen-bond donors (Lipinski definition) is 2. The monoisotopic (exact) mass is 238 g/mol. The molecule has 0 saturated heterocycles. The first-order chi connectivity index (χ1) is 5.39. The molecule has 0 atom stereocenters. The SMILES string of the molecule is O=[As](O)(O)c1cc(F)cc(F)c1. The second-order valence-corrected chi connectivity index (χ2v) is 5.54. The number of rotatable bonds is 1. The van der Waals surface area contributed by atoms with E-state index < -0.39 is 30.2 Å². The van der Waals surface area contributed by atoms with E-state index in [1.165, 1.54) is 0 Å². The van der Waals surface area contributed by atoms with Gasteiger partial charge in [0, 0.05) is 0 Å². The molecule has 0 radical (unpaired) electrons. The molecule has 0 aliphatic rings. The van der Waals surface area contributed by atoms with Crippen molar-refractivity contribution in [2.75, 3.05) is 0 Å². The van der Waals surface area contributed by atoms with Crippen LogP contribution in [0.4, 0.5) is 8.78 Å². The van der Waals surface area contributed by atoms with Crippen molar-refractivity contribution in [2.24, 2.45) is 0 Å². The molecule has 2 N–H and O–H groups in total. The predicted molar refractivity (Wildman–Crippen MR) is 36.9 cm³/mol. The number of hydrogen-bond acceptors (Lipinski definition) is 1. The standard InChI is InChI=1S/C6H5AsF2O3/c8-5-1-4(7(10,11)12)2-6(9)3-5/h1-3H,(H2,10,11,12). The first-order valence-electron chi connectivity index (χ1n) is 2.92. The minimum atomic E-state index is -5.15. The minimum absolute atomic E-state index is 0.551. The Morgan fingerprint density at radius 1 is 1.08 bits per heavy atom. The van der Waals surface area contributed by atoms with E-state index in [-0.39, 0.29) is 0 Å². The summed E-state index contributed by atoms with van der Waals surface area (Å²) in [6.07, 6.45) is 0. The van der Waals surface area contributed by atoms with Crippen molar-refractivity contribution in [3.63, 3.8) is 0 Å². The van der Waals surface area contributed by atoms with Gasteiger partial charge in [-0.2, -0.15) is 0 Å². The third-order valence-electron chi connectivity index (χ3n) is 1.18. The molecular weight excluding hydrogens is 233 g/mol.